The van der Waals surface area contributed by atoms with Crippen LogP contribution in [0.2, 0.25) is 0 Å². The molecular weight excluding hydrogens is 326 g/mol. The molecule has 1 fully saturated rings. The third kappa shape index (κ3) is 4.62. The number of carbonyl (C=O) groups is 1. The van der Waals surface area contributed by atoms with Gasteiger partial charge < -0.3 is 15.2 Å². The number of hydrogen-bond acceptors (Lipinski definition) is 3. The van der Waals surface area contributed by atoms with Crippen molar-refractivity contribution in [3.63, 3.8) is 0 Å². The summed E-state index contributed by atoms with van der Waals surface area (Å²) in [5.41, 5.74) is 1.06. The van der Waals surface area contributed by atoms with Gasteiger partial charge in [0.2, 0.25) is 0 Å². The van der Waals surface area contributed by atoms with E-state index in [1.54, 1.807) is 0 Å². The lowest BCUT2D eigenvalue weighted by Crippen LogP contribution is -2.46. The molecule has 3 rings (SSSR count). The number of rotatable bonds is 6. The second-order valence-corrected chi connectivity index (χ2v) is 7.24. The first-order valence-corrected chi connectivity index (χ1v) is 9.63. The van der Waals surface area contributed by atoms with Crippen LogP contribution in [0.25, 0.3) is 11.4 Å². The van der Waals surface area contributed by atoms with E-state index >= 15 is 0 Å². The highest BCUT2D eigenvalue weighted by molar-refractivity contribution is 5.74. The summed E-state index contributed by atoms with van der Waals surface area (Å²) in [6.45, 7) is 2.86. The molecule has 0 spiro atoms. The van der Waals surface area contributed by atoms with Crippen LogP contribution in [0.5, 0.6) is 0 Å². The standard InChI is InChI=1S/C20H29N5O/c1-15-9-6-7-12-17(15)22-20(26)21-14-8-13-18-23-24-19(25(18)2)16-10-4-3-5-11-16/h3-5,10-11,15,17H,6-9,12-14H2,1-2H3,(H2,21,22,26). The predicted molar refractivity (Wildman–Crippen MR) is 103 cm³/mol. The molecule has 1 heterocycles. The van der Waals surface area contributed by atoms with Gasteiger partial charge in [-0.2, -0.15) is 0 Å². The number of carbonyl (C=O) groups excluding carboxylic acids is 1. The van der Waals surface area contributed by atoms with Gasteiger partial charge >= 0.3 is 6.03 Å². The first kappa shape index (κ1) is 18.4. The number of aryl methyl sites for hydroxylation is 1. The highest BCUT2D eigenvalue weighted by atomic mass is 16.2. The minimum Gasteiger partial charge on any atom is -0.338 e. The van der Waals surface area contributed by atoms with E-state index in [-0.39, 0.29) is 6.03 Å². The van der Waals surface area contributed by atoms with E-state index in [0.29, 0.717) is 18.5 Å². The molecule has 0 radical (unpaired) electrons. The molecule has 6 heteroatoms. The molecule has 1 aliphatic carbocycles. The molecule has 6 nitrogen and oxygen atoms in total. The molecule has 2 amide bonds. The van der Waals surface area contributed by atoms with Gasteiger partial charge in [-0.15, -0.1) is 10.2 Å². The van der Waals surface area contributed by atoms with E-state index in [0.717, 1.165) is 36.5 Å². The van der Waals surface area contributed by atoms with Gasteiger partial charge in [0.1, 0.15) is 5.82 Å². The number of urea groups is 1. The molecule has 140 valence electrons. The summed E-state index contributed by atoms with van der Waals surface area (Å²) in [5.74, 6) is 2.38. The highest BCUT2D eigenvalue weighted by Gasteiger charge is 2.22. The lowest BCUT2D eigenvalue weighted by Gasteiger charge is -2.29. The molecular formula is C20H29N5O. The first-order valence-electron chi connectivity index (χ1n) is 9.63. The molecule has 2 unspecified atom stereocenters. The van der Waals surface area contributed by atoms with Crippen molar-refractivity contribution in [1.82, 2.24) is 25.4 Å². The minimum absolute atomic E-state index is 0.0494. The molecule has 0 aliphatic heterocycles. The van der Waals surface area contributed by atoms with Crippen molar-refractivity contribution in [3.05, 3.63) is 36.2 Å². The Hall–Kier alpha value is -2.37. The molecule has 2 aromatic rings. The van der Waals surface area contributed by atoms with Gasteiger partial charge in [0.25, 0.3) is 0 Å². The normalized spacial score (nSPS) is 19.9. The third-order valence-corrected chi connectivity index (χ3v) is 5.29. The Balaban J connectivity index is 1.42. The monoisotopic (exact) mass is 355 g/mol. The SMILES string of the molecule is CC1CCCCC1NC(=O)NCCCc1nnc(-c2ccccc2)n1C. The third-order valence-electron chi connectivity index (χ3n) is 5.29. The maximum Gasteiger partial charge on any atom is 0.315 e. The Bertz CT molecular complexity index is 712. The van der Waals surface area contributed by atoms with Gasteiger partial charge in [0.15, 0.2) is 5.82 Å². The summed E-state index contributed by atoms with van der Waals surface area (Å²) < 4.78 is 2.03. The molecule has 1 aromatic carbocycles. The number of benzene rings is 1. The second kappa shape index (κ2) is 8.83. The maximum absolute atomic E-state index is 12.1. The van der Waals surface area contributed by atoms with Crippen LogP contribution in [0.15, 0.2) is 30.3 Å². The fourth-order valence-corrected chi connectivity index (χ4v) is 3.62. The lowest BCUT2D eigenvalue weighted by molar-refractivity contribution is 0.221. The number of aromatic nitrogens is 3. The van der Waals surface area contributed by atoms with Crippen LogP contribution in [-0.4, -0.2) is 33.4 Å². The summed E-state index contributed by atoms with van der Waals surface area (Å²) in [6, 6.07) is 10.3. The quantitative estimate of drug-likeness (QED) is 0.781. The molecule has 1 aromatic heterocycles. The minimum atomic E-state index is -0.0494. The topological polar surface area (TPSA) is 71.8 Å². The van der Waals surface area contributed by atoms with Gasteiger partial charge in [-0.25, -0.2) is 4.79 Å². The molecule has 0 bridgehead atoms. The van der Waals surface area contributed by atoms with Gasteiger partial charge in [-0.3, -0.25) is 0 Å². The van der Waals surface area contributed by atoms with Crippen LogP contribution < -0.4 is 10.6 Å². The van der Waals surface area contributed by atoms with Crippen molar-refractivity contribution in [2.24, 2.45) is 13.0 Å². The van der Waals surface area contributed by atoms with Crippen LogP contribution in [0.3, 0.4) is 0 Å². The highest BCUT2D eigenvalue weighted by Crippen LogP contribution is 2.23. The Morgan fingerprint density at radius 3 is 2.73 bits per heavy atom. The van der Waals surface area contributed by atoms with Crippen LogP contribution in [0.1, 0.15) is 44.9 Å². The smallest absolute Gasteiger partial charge is 0.315 e. The number of nitrogens with one attached hydrogen (secondary N) is 2. The molecule has 1 aliphatic rings. The van der Waals surface area contributed by atoms with Gasteiger partial charge in [0.05, 0.1) is 0 Å². The number of nitrogens with zero attached hydrogens (tertiary/aromatic N) is 3. The van der Waals surface area contributed by atoms with E-state index in [4.69, 9.17) is 0 Å². The maximum atomic E-state index is 12.1. The van der Waals surface area contributed by atoms with E-state index < -0.39 is 0 Å². The number of hydrogen-bond donors (Lipinski definition) is 2. The summed E-state index contributed by atoms with van der Waals surface area (Å²) >= 11 is 0. The van der Waals surface area contributed by atoms with Crippen molar-refractivity contribution in [1.29, 1.82) is 0 Å². The van der Waals surface area contributed by atoms with Gasteiger partial charge in [-0.05, 0) is 25.2 Å². The van der Waals surface area contributed by atoms with Crippen LogP contribution in [-0.2, 0) is 13.5 Å². The first-order chi connectivity index (χ1) is 12.6. The largest absolute Gasteiger partial charge is 0.338 e. The van der Waals surface area contributed by atoms with E-state index in [1.165, 1.54) is 19.3 Å². The zero-order valence-electron chi connectivity index (χ0n) is 15.7. The Morgan fingerprint density at radius 1 is 1.19 bits per heavy atom. The average molecular weight is 355 g/mol. The van der Waals surface area contributed by atoms with Crippen LogP contribution in [0, 0.1) is 5.92 Å². The zero-order chi connectivity index (χ0) is 18.4. The molecule has 1 saturated carbocycles. The van der Waals surface area contributed by atoms with Crippen molar-refractivity contribution in [3.8, 4) is 11.4 Å². The molecule has 0 saturated heterocycles. The van der Waals surface area contributed by atoms with E-state index in [2.05, 4.69) is 27.8 Å². The molecule has 2 atom stereocenters. The summed E-state index contributed by atoms with van der Waals surface area (Å²) in [4.78, 5) is 12.1. The summed E-state index contributed by atoms with van der Waals surface area (Å²) in [5, 5.41) is 14.7. The number of amides is 2. The van der Waals surface area contributed by atoms with E-state index in [9.17, 15) is 4.79 Å². The van der Waals surface area contributed by atoms with Crippen LogP contribution in [0.4, 0.5) is 4.79 Å². The van der Waals surface area contributed by atoms with Crippen molar-refractivity contribution < 1.29 is 4.79 Å². The van der Waals surface area contributed by atoms with Gasteiger partial charge in [0, 0.05) is 31.6 Å². The predicted octanol–water partition coefficient (Wildman–Crippen LogP) is 3.29. The Kier molecular flexibility index (Phi) is 6.26. The lowest BCUT2D eigenvalue weighted by atomic mass is 9.86. The summed E-state index contributed by atoms with van der Waals surface area (Å²) in [6.07, 6.45) is 6.43. The van der Waals surface area contributed by atoms with Crippen LogP contribution >= 0.6 is 0 Å². The van der Waals surface area contributed by atoms with Crippen molar-refractivity contribution in [2.75, 3.05) is 6.54 Å². The fourth-order valence-electron chi connectivity index (χ4n) is 3.62. The van der Waals surface area contributed by atoms with Crippen molar-refractivity contribution in [2.45, 2.75) is 51.5 Å². The molecule has 2 N–H and O–H groups in total. The average Bonchev–Trinajstić information content (AvgIpc) is 3.02. The molecule has 26 heavy (non-hydrogen) atoms. The van der Waals surface area contributed by atoms with Crippen molar-refractivity contribution >= 4 is 6.03 Å². The fraction of sp³-hybridized carbons (Fsp3) is 0.550. The Labute approximate surface area is 155 Å². The van der Waals surface area contributed by atoms with Gasteiger partial charge in [-0.1, -0.05) is 50.1 Å². The van der Waals surface area contributed by atoms with E-state index in [1.807, 2.05) is 41.9 Å². The summed E-state index contributed by atoms with van der Waals surface area (Å²) in [7, 11) is 1.99. The second-order valence-electron chi connectivity index (χ2n) is 7.24. The zero-order valence-corrected chi connectivity index (χ0v) is 15.7. The Morgan fingerprint density at radius 2 is 1.96 bits per heavy atom.